The third kappa shape index (κ3) is 4.24. The highest BCUT2D eigenvalue weighted by atomic mass is 16.7. The van der Waals surface area contributed by atoms with E-state index >= 15 is 0 Å². The summed E-state index contributed by atoms with van der Waals surface area (Å²) in [5.74, 6) is 0. The highest BCUT2D eigenvalue weighted by Crippen LogP contribution is 2.34. The van der Waals surface area contributed by atoms with E-state index in [1.165, 1.54) is 27.2 Å². The molecule has 6 heteroatoms. The molecule has 1 saturated heterocycles. The first-order chi connectivity index (χ1) is 16.0. The number of benzene rings is 2. The number of aliphatic hydroxyl groups excluding tert-OH is 1. The second kappa shape index (κ2) is 9.39. The Bertz CT molecular complexity index is 1260. The van der Waals surface area contributed by atoms with Gasteiger partial charge in [0.15, 0.2) is 6.29 Å². The molecule has 0 bridgehead atoms. The van der Waals surface area contributed by atoms with Gasteiger partial charge in [0.05, 0.1) is 23.2 Å². The Hall–Kier alpha value is -2.51. The van der Waals surface area contributed by atoms with Crippen molar-refractivity contribution in [2.75, 3.05) is 6.61 Å². The van der Waals surface area contributed by atoms with Crippen LogP contribution in [-0.2, 0) is 16.0 Å². The third-order valence-corrected chi connectivity index (χ3v) is 6.93. The molecule has 1 aliphatic heterocycles. The van der Waals surface area contributed by atoms with Crippen molar-refractivity contribution in [1.29, 1.82) is 0 Å². The van der Waals surface area contributed by atoms with E-state index in [1.54, 1.807) is 0 Å². The van der Waals surface area contributed by atoms with Crippen LogP contribution in [0.1, 0.15) is 38.2 Å². The predicted octanol–water partition coefficient (Wildman–Crippen LogP) is 4.66. The number of hydrogen-bond acceptors (Lipinski definition) is 5. The molecule has 5 rings (SSSR count). The van der Waals surface area contributed by atoms with E-state index in [2.05, 4.69) is 60.0 Å². The number of para-hydroxylation sites is 2. The zero-order valence-corrected chi connectivity index (χ0v) is 19.4. The maximum absolute atomic E-state index is 9.91. The lowest BCUT2D eigenvalue weighted by Crippen LogP contribution is -2.51. The number of aliphatic hydroxyl groups is 1. The van der Waals surface area contributed by atoms with Gasteiger partial charge in [-0.05, 0) is 50.8 Å². The van der Waals surface area contributed by atoms with Crippen LogP contribution in [0.3, 0.4) is 0 Å². The number of nitrogens with two attached hydrogens (primary N) is 1. The van der Waals surface area contributed by atoms with Crippen LogP contribution >= 0.6 is 0 Å². The van der Waals surface area contributed by atoms with Crippen molar-refractivity contribution >= 4 is 32.8 Å². The van der Waals surface area contributed by atoms with E-state index in [9.17, 15) is 5.11 Å². The van der Waals surface area contributed by atoms with E-state index < -0.39 is 6.10 Å². The highest BCUT2D eigenvalue weighted by Gasteiger charge is 2.33. The molecule has 0 spiro atoms. The van der Waals surface area contributed by atoms with Gasteiger partial charge in [-0.1, -0.05) is 36.4 Å². The number of hydrogen-bond donors (Lipinski definition) is 2. The molecule has 174 valence electrons. The van der Waals surface area contributed by atoms with E-state index in [0.717, 1.165) is 37.0 Å². The van der Waals surface area contributed by atoms with Gasteiger partial charge in [-0.2, -0.15) is 0 Å². The summed E-state index contributed by atoms with van der Waals surface area (Å²) >= 11 is 0. The number of unbranched alkanes of at least 4 members (excludes halogenated alkanes) is 2. The molecule has 0 aliphatic carbocycles. The van der Waals surface area contributed by atoms with Crippen LogP contribution in [0, 0.1) is 6.92 Å². The number of rotatable bonds is 7. The molecule has 1 aliphatic rings. The van der Waals surface area contributed by atoms with Gasteiger partial charge in [-0.25, -0.2) is 4.98 Å². The van der Waals surface area contributed by atoms with Crippen LogP contribution in [0.25, 0.3) is 32.8 Å². The summed E-state index contributed by atoms with van der Waals surface area (Å²) in [5, 5.41) is 13.7. The van der Waals surface area contributed by atoms with Crippen LogP contribution in [0.5, 0.6) is 0 Å². The smallest absolute Gasteiger partial charge is 0.159 e. The number of aryl methyl sites for hydroxylation is 2. The standard InChI is InChI=1S/C27H33N3O3/c1-17-19-10-4-6-12-22(19)29-27-25(17)20-11-5-7-13-23(20)30(27)14-8-3-9-15-32-24-16-21(28)26(31)18(2)33-24/h4-7,10-13,18,21,24,26,31H,3,8-9,14-16,28H2,1-2H3/t18-,21-,24+,26-/m0/s1. The Morgan fingerprint density at radius 1 is 1.09 bits per heavy atom. The SMILES string of the molecule is Cc1c2ccccc2nc2c1c1ccccc1n2CCCCCO[C@H]1C[C@H](N)[C@@H](O)[C@H](C)O1. The number of fused-ring (bicyclic) bond motifs is 4. The number of pyridine rings is 1. The Morgan fingerprint density at radius 3 is 2.67 bits per heavy atom. The molecule has 2 aromatic carbocycles. The Morgan fingerprint density at radius 2 is 1.85 bits per heavy atom. The fourth-order valence-corrected chi connectivity index (χ4v) is 5.10. The van der Waals surface area contributed by atoms with Crippen LogP contribution in [0.15, 0.2) is 48.5 Å². The van der Waals surface area contributed by atoms with E-state index in [-0.39, 0.29) is 18.4 Å². The average molecular weight is 448 g/mol. The summed E-state index contributed by atoms with van der Waals surface area (Å²) in [5.41, 5.74) is 10.6. The molecule has 4 aromatic rings. The zero-order valence-electron chi connectivity index (χ0n) is 19.4. The first kappa shape index (κ1) is 22.3. The molecule has 0 saturated carbocycles. The van der Waals surface area contributed by atoms with Gasteiger partial charge in [-0.15, -0.1) is 0 Å². The van der Waals surface area contributed by atoms with Crippen molar-refractivity contribution in [3.63, 3.8) is 0 Å². The van der Waals surface area contributed by atoms with Crippen molar-refractivity contribution in [3.8, 4) is 0 Å². The van der Waals surface area contributed by atoms with Crippen LogP contribution in [-0.4, -0.2) is 45.8 Å². The van der Waals surface area contributed by atoms with Crippen molar-refractivity contribution in [2.24, 2.45) is 5.73 Å². The summed E-state index contributed by atoms with van der Waals surface area (Å²) in [6.45, 7) is 5.60. The molecular formula is C27H33N3O3. The molecule has 0 unspecified atom stereocenters. The summed E-state index contributed by atoms with van der Waals surface area (Å²) in [4.78, 5) is 5.06. The fourth-order valence-electron chi connectivity index (χ4n) is 5.10. The number of ether oxygens (including phenoxy) is 2. The minimum atomic E-state index is -0.620. The molecule has 0 amide bonds. The number of aromatic nitrogens is 2. The van der Waals surface area contributed by atoms with Gasteiger partial charge >= 0.3 is 0 Å². The van der Waals surface area contributed by atoms with Crippen molar-refractivity contribution in [3.05, 3.63) is 54.1 Å². The lowest BCUT2D eigenvalue weighted by Gasteiger charge is -2.35. The molecule has 1 fully saturated rings. The summed E-state index contributed by atoms with van der Waals surface area (Å²) < 4.78 is 14.0. The van der Waals surface area contributed by atoms with Crippen molar-refractivity contribution in [1.82, 2.24) is 9.55 Å². The Balaban J connectivity index is 1.26. The molecule has 2 aromatic heterocycles. The second-order valence-corrected chi connectivity index (χ2v) is 9.21. The monoisotopic (exact) mass is 447 g/mol. The maximum atomic E-state index is 9.91. The number of nitrogens with zero attached hydrogens (tertiary/aromatic N) is 2. The lowest BCUT2D eigenvalue weighted by atomic mass is 10.0. The third-order valence-electron chi connectivity index (χ3n) is 6.93. The molecule has 3 N–H and O–H groups in total. The van der Waals surface area contributed by atoms with Gasteiger partial charge in [0.25, 0.3) is 0 Å². The first-order valence-corrected chi connectivity index (χ1v) is 12.0. The Labute approximate surface area is 194 Å². The minimum Gasteiger partial charge on any atom is -0.389 e. The van der Waals surface area contributed by atoms with Crippen molar-refractivity contribution < 1.29 is 14.6 Å². The van der Waals surface area contributed by atoms with Crippen molar-refractivity contribution in [2.45, 2.75) is 70.6 Å². The van der Waals surface area contributed by atoms with Gasteiger partial charge < -0.3 is 24.9 Å². The molecule has 4 atom stereocenters. The van der Waals surface area contributed by atoms with E-state index in [1.807, 2.05) is 6.92 Å². The van der Waals surface area contributed by atoms with Gasteiger partial charge in [0.2, 0.25) is 0 Å². The minimum absolute atomic E-state index is 0.291. The highest BCUT2D eigenvalue weighted by molar-refractivity contribution is 6.12. The normalized spacial score (nSPS) is 23.6. The average Bonchev–Trinajstić information content (AvgIpc) is 3.13. The Kier molecular flexibility index (Phi) is 6.34. The summed E-state index contributed by atoms with van der Waals surface area (Å²) in [6.07, 6.45) is 2.36. The largest absolute Gasteiger partial charge is 0.389 e. The molecular weight excluding hydrogens is 414 g/mol. The summed E-state index contributed by atoms with van der Waals surface area (Å²) in [6, 6.07) is 16.7. The molecule has 0 radical (unpaired) electrons. The second-order valence-electron chi connectivity index (χ2n) is 9.21. The van der Waals surface area contributed by atoms with Gasteiger partial charge in [-0.3, -0.25) is 0 Å². The molecule has 6 nitrogen and oxygen atoms in total. The van der Waals surface area contributed by atoms with Crippen LogP contribution in [0.4, 0.5) is 0 Å². The predicted molar refractivity (Wildman–Crippen MR) is 132 cm³/mol. The molecule has 33 heavy (non-hydrogen) atoms. The summed E-state index contributed by atoms with van der Waals surface area (Å²) in [7, 11) is 0. The van der Waals surface area contributed by atoms with Gasteiger partial charge in [0.1, 0.15) is 5.65 Å². The quantitative estimate of drug-likeness (QED) is 0.403. The maximum Gasteiger partial charge on any atom is 0.159 e. The van der Waals surface area contributed by atoms with Crippen LogP contribution < -0.4 is 5.73 Å². The first-order valence-electron chi connectivity index (χ1n) is 12.0. The topological polar surface area (TPSA) is 82.5 Å². The molecule has 3 heterocycles. The fraction of sp³-hybridized carbons (Fsp3) is 0.444. The van der Waals surface area contributed by atoms with E-state index in [4.69, 9.17) is 20.2 Å². The van der Waals surface area contributed by atoms with Crippen LogP contribution in [0.2, 0.25) is 0 Å². The zero-order chi connectivity index (χ0) is 22.9. The lowest BCUT2D eigenvalue weighted by molar-refractivity contribution is -0.222. The van der Waals surface area contributed by atoms with Gasteiger partial charge in [0, 0.05) is 41.8 Å². The van der Waals surface area contributed by atoms with E-state index in [0.29, 0.717) is 13.0 Å².